The molecule has 0 saturated carbocycles. The van der Waals surface area contributed by atoms with Crippen molar-refractivity contribution in [2.24, 2.45) is 0 Å². The third-order valence-electron chi connectivity index (χ3n) is 4.67. The molecule has 1 aliphatic carbocycles. The van der Waals surface area contributed by atoms with Crippen LogP contribution in [0.4, 0.5) is 0 Å². The normalized spacial score (nSPS) is 28.7. The number of benzene rings is 1. The molecule has 4 N–H and O–H groups in total. The molecule has 1 heterocycles. The smallest absolute Gasteiger partial charge is 0.347 e. The van der Waals surface area contributed by atoms with E-state index < -0.39 is 36.2 Å². The van der Waals surface area contributed by atoms with Gasteiger partial charge in [-0.3, -0.25) is 4.79 Å². The van der Waals surface area contributed by atoms with E-state index in [1.807, 2.05) is 0 Å². The fourth-order valence-corrected chi connectivity index (χ4v) is 3.12. The molecule has 25 heavy (non-hydrogen) atoms. The number of aliphatic hydroxyl groups excluding tert-OH is 2. The summed E-state index contributed by atoms with van der Waals surface area (Å²) < 4.78 is 11.0. The minimum atomic E-state index is -2.08. The predicted molar refractivity (Wildman–Crippen MR) is 82.9 cm³/mol. The number of ketones is 1. The first-order valence-corrected chi connectivity index (χ1v) is 7.61. The fraction of sp³-hybridized carbons (Fsp3) is 0.412. The van der Waals surface area contributed by atoms with Crippen LogP contribution in [0.15, 0.2) is 17.4 Å². The number of fused-ring (bicyclic) bond motifs is 2. The van der Waals surface area contributed by atoms with Crippen molar-refractivity contribution < 1.29 is 39.5 Å². The number of hydrogen-bond donors (Lipinski definition) is 4. The molecule has 0 radical (unpaired) electrons. The van der Waals surface area contributed by atoms with E-state index in [4.69, 9.17) is 9.47 Å². The molecule has 0 amide bonds. The number of aromatic hydroxyl groups is 1. The summed E-state index contributed by atoms with van der Waals surface area (Å²) in [5.41, 5.74) is -1.89. The topological polar surface area (TPSA) is 134 Å². The SMILES string of the molecule is CC1=C2OC(=O)c3c(C)cc(O)c(CO)c3O[C@@H]2[C@](C)(O)[C@H](O)C1=O. The van der Waals surface area contributed by atoms with Crippen molar-refractivity contribution in [2.45, 2.75) is 45.2 Å². The number of Topliss-reactive ketones (excluding diaryl/α,β-unsaturated/α-hetero) is 1. The highest BCUT2D eigenvalue weighted by atomic mass is 16.6. The number of aliphatic hydroxyl groups is 3. The Morgan fingerprint density at radius 2 is 1.92 bits per heavy atom. The second-order valence-corrected chi connectivity index (χ2v) is 6.42. The highest BCUT2D eigenvalue weighted by molar-refractivity contribution is 6.03. The van der Waals surface area contributed by atoms with Crippen molar-refractivity contribution in [1.29, 1.82) is 0 Å². The van der Waals surface area contributed by atoms with Crippen molar-refractivity contribution in [1.82, 2.24) is 0 Å². The average molecular weight is 350 g/mol. The zero-order chi connectivity index (χ0) is 18.7. The molecule has 8 heteroatoms. The molecular formula is C17H18O8. The van der Waals surface area contributed by atoms with Crippen LogP contribution in [0.2, 0.25) is 0 Å². The minimum absolute atomic E-state index is 0.0331. The largest absolute Gasteiger partial charge is 0.507 e. The van der Waals surface area contributed by atoms with Crippen LogP contribution in [0.5, 0.6) is 11.5 Å². The third kappa shape index (κ3) is 2.33. The molecule has 2 aliphatic rings. The molecule has 3 rings (SSSR count). The lowest BCUT2D eigenvalue weighted by atomic mass is 9.80. The van der Waals surface area contributed by atoms with Gasteiger partial charge in [0.05, 0.1) is 12.2 Å². The van der Waals surface area contributed by atoms with Crippen LogP contribution in [-0.2, 0) is 16.1 Å². The fourth-order valence-electron chi connectivity index (χ4n) is 3.12. The molecule has 0 bridgehead atoms. The molecule has 0 aromatic heterocycles. The van der Waals surface area contributed by atoms with E-state index in [-0.39, 0.29) is 34.0 Å². The molecule has 1 aliphatic heterocycles. The molecular weight excluding hydrogens is 332 g/mol. The molecule has 1 aromatic carbocycles. The van der Waals surface area contributed by atoms with E-state index in [1.54, 1.807) is 6.92 Å². The number of hydrogen-bond acceptors (Lipinski definition) is 8. The zero-order valence-electron chi connectivity index (χ0n) is 13.9. The third-order valence-corrected chi connectivity index (χ3v) is 4.67. The summed E-state index contributed by atoms with van der Waals surface area (Å²) in [7, 11) is 0. The van der Waals surface area contributed by atoms with Gasteiger partial charge in [0.1, 0.15) is 28.8 Å². The molecule has 0 saturated heterocycles. The Labute approximate surface area is 142 Å². The highest BCUT2D eigenvalue weighted by Gasteiger charge is 2.54. The Morgan fingerprint density at radius 1 is 1.28 bits per heavy atom. The van der Waals surface area contributed by atoms with Gasteiger partial charge in [-0.25, -0.2) is 4.79 Å². The van der Waals surface area contributed by atoms with Gasteiger partial charge in [0.2, 0.25) is 0 Å². The van der Waals surface area contributed by atoms with Crippen LogP contribution in [0, 0.1) is 6.92 Å². The minimum Gasteiger partial charge on any atom is -0.507 e. The number of esters is 1. The maximum atomic E-state index is 12.6. The van der Waals surface area contributed by atoms with Gasteiger partial charge in [0, 0.05) is 5.57 Å². The Kier molecular flexibility index (Phi) is 3.86. The first-order chi connectivity index (χ1) is 11.6. The van der Waals surface area contributed by atoms with E-state index >= 15 is 0 Å². The van der Waals surface area contributed by atoms with Crippen LogP contribution < -0.4 is 4.74 Å². The summed E-state index contributed by atoms with van der Waals surface area (Å²) in [5, 5.41) is 40.3. The standard InChI is InChI=1S/C17H18O8/c1-6-4-9(19)8(5-18)13-10(6)16(22)25-12-7(2)11(20)14(21)17(3,23)15(12)24-13/h4,14-15,18-19,21,23H,5H2,1-3H3/t14-,15+,17-/m1/s1. The van der Waals surface area contributed by atoms with Crippen molar-refractivity contribution >= 4 is 11.8 Å². The second kappa shape index (κ2) is 5.55. The van der Waals surface area contributed by atoms with E-state index in [0.717, 1.165) is 0 Å². The van der Waals surface area contributed by atoms with Crippen molar-refractivity contribution in [3.05, 3.63) is 34.1 Å². The van der Waals surface area contributed by atoms with Gasteiger partial charge < -0.3 is 29.9 Å². The molecule has 0 fully saturated rings. The van der Waals surface area contributed by atoms with Crippen LogP contribution in [-0.4, -0.2) is 50.0 Å². The lowest BCUT2D eigenvalue weighted by Gasteiger charge is -2.39. The van der Waals surface area contributed by atoms with Gasteiger partial charge in [-0.05, 0) is 32.4 Å². The Hall–Kier alpha value is -2.42. The van der Waals surface area contributed by atoms with Gasteiger partial charge in [-0.15, -0.1) is 0 Å². The monoisotopic (exact) mass is 350 g/mol. The van der Waals surface area contributed by atoms with Gasteiger partial charge in [0.15, 0.2) is 17.6 Å². The van der Waals surface area contributed by atoms with E-state index in [0.29, 0.717) is 5.56 Å². The van der Waals surface area contributed by atoms with Crippen molar-refractivity contribution in [3.8, 4) is 11.5 Å². The lowest BCUT2D eigenvalue weighted by Crippen LogP contribution is -2.59. The molecule has 3 atom stereocenters. The summed E-state index contributed by atoms with van der Waals surface area (Å²) in [5.74, 6) is -2.27. The first kappa shape index (κ1) is 17.4. The number of carbonyl (C=O) groups is 2. The quantitative estimate of drug-likeness (QED) is 0.523. The lowest BCUT2D eigenvalue weighted by molar-refractivity contribution is -0.156. The highest BCUT2D eigenvalue weighted by Crippen LogP contribution is 2.43. The van der Waals surface area contributed by atoms with Crippen LogP contribution in [0.3, 0.4) is 0 Å². The number of ether oxygens (including phenoxy) is 2. The summed E-state index contributed by atoms with van der Waals surface area (Å²) in [4.78, 5) is 24.7. The Morgan fingerprint density at radius 3 is 2.52 bits per heavy atom. The van der Waals surface area contributed by atoms with E-state index in [2.05, 4.69) is 0 Å². The molecule has 134 valence electrons. The summed E-state index contributed by atoms with van der Waals surface area (Å²) in [6, 6.07) is 1.28. The number of phenols is 1. The maximum absolute atomic E-state index is 12.6. The zero-order valence-corrected chi connectivity index (χ0v) is 13.9. The maximum Gasteiger partial charge on any atom is 0.347 e. The Bertz CT molecular complexity index is 820. The molecule has 8 nitrogen and oxygen atoms in total. The molecule has 1 aromatic rings. The second-order valence-electron chi connectivity index (χ2n) is 6.42. The summed E-state index contributed by atoms with van der Waals surface area (Å²) >= 11 is 0. The van der Waals surface area contributed by atoms with Crippen LogP contribution in [0.1, 0.15) is 35.3 Å². The van der Waals surface area contributed by atoms with Gasteiger partial charge in [-0.1, -0.05) is 0 Å². The predicted octanol–water partition coefficient (Wildman–Crippen LogP) is 0.0793. The Balaban J connectivity index is 2.30. The molecule has 0 spiro atoms. The van der Waals surface area contributed by atoms with Gasteiger partial charge in [0.25, 0.3) is 0 Å². The van der Waals surface area contributed by atoms with Gasteiger partial charge in [-0.2, -0.15) is 0 Å². The first-order valence-electron chi connectivity index (χ1n) is 7.61. The van der Waals surface area contributed by atoms with Gasteiger partial charge >= 0.3 is 5.97 Å². The van der Waals surface area contributed by atoms with Crippen molar-refractivity contribution in [3.63, 3.8) is 0 Å². The van der Waals surface area contributed by atoms with Crippen LogP contribution >= 0.6 is 0 Å². The van der Waals surface area contributed by atoms with Crippen LogP contribution in [0.25, 0.3) is 0 Å². The number of rotatable bonds is 1. The number of carbonyl (C=O) groups excluding carboxylic acids is 2. The van der Waals surface area contributed by atoms with E-state index in [1.165, 1.54) is 19.9 Å². The summed E-state index contributed by atoms with van der Waals surface area (Å²) in [6.45, 7) is 3.45. The summed E-state index contributed by atoms with van der Waals surface area (Å²) in [6.07, 6.45) is -3.16. The van der Waals surface area contributed by atoms with Crippen molar-refractivity contribution in [2.75, 3.05) is 0 Å². The number of aryl methyl sites for hydroxylation is 1. The average Bonchev–Trinajstić information content (AvgIpc) is 2.69. The van der Waals surface area contributed by atoms with E-state index in [9.17, 15) is 30.0 Å². The molecule has 0 unspecified atom stereocenters.